The molecule has 88 valence electrons. The first kappa shape index (κ1) is 12.9. The van der Waals surface area contributed by atoms with Gasteiger partial charge in [0.1, 0.15) is 5.67 Å². The molecule has 0 aromatic heterocycles. The van der Waals surface area contributed by atoms with Gasteiger partial charge in [-0.3, -0.25) is 4.99 Å². The molecular weight excluding hydrogens is 201 g/mol. The van der Waals surface area contributed by atoms with Crippen LogP contribution in [0.25, 0.3) is 0 Å². The summed E-state index contributed by atoms with van der Waals surface area (Å²) in [7, 11) is 1.79. The summed E-state index contributed by atoms with van der Waals surface area (Å²) in [6.45, 7) is 5.49. The first-order valence-electron chi connectivity index (χ1n) is 5.70. The maximum atomic E-state index is 14.0. The molecule has 0 heterocycles. The molecule has 1 aromatic rings. The summed E-state index contributed by atoms with van der Waals surface area (Å²) < 4.78 is 14.0. The van der Waals surface area contributed by atoms with Crippen molar-refractivity contribution in [2.45, 2.75) is 39.3 Å². The Morgan fingerprint density at radius 2 is 1.88 bits per heavy atom. The number of rotatable bonds is 4. The summed E-state index contributed by atoms with van der Waals surface area (Å²) in [6.07, 6.45) is 1.34. The van der Waals surface area contributed by atoms with Crippen molar-refractivity contribution in [2.24, 2.45) is 4.99 Å². The Balaban J connectivity index is 2.83. The summed E-state index contributed by atoms with van der Waals surface area (Å²) in [4.78, 5) is 4.11. The maximum Gasteiger partial charge on any atom is 0.133 e. The van der Waals surface area contributed by atoms with Crippen molar-refractivity contribution in [1.82, 2.24) is 0 Å². The molecule has 1 atom stereocenters. The molecule has 2 heteroatoms. The minimum Gasteiger partial charge on any atom is -0.297 e. The molecule has 0 bridgehead atoms. The number of nitrogens with zero attached hydrogens (tertiary/aromatic N) is 1. The standard InChI is InChI=1S/C14H20FN/c1-5-14(3,15)13-8-6-12(7-9-13)10-11(2)16-4/h6-9H,5,10H2,1-4H3. The minimum atomic E-state index is -1.22. The molecule has 1 rings (SSSR count). The number of hydrogen-bond donors (Lipinski definition) is 0. The fourth-order valence-corrected chi connectivity index (χ4v) is 1.55. The van der Waals surface area contributed by atoms with Crippen LogP contribution in [0.1, 0.15) is 38.3 Å². The highest BCUT2D eigenvalue weighted by Crippen LogP contribution is 2.28. The summed E-state index contributed by atoms with van der Waals surface area (Å²) in [5.74, 6) is 0. The van der Waals surface area contributed by atoms with E-state index in [0.717, 1.165) is 17.7 Å². The molecular formula is C14H20FN. The zero-order chi connectivity index (χ0) is 12.2. The van der Waals surface area contributed by atoms with Gasteiger partial charge in [-0.1, -0.05) is 31.2 Å². The van der Waals surface area contributed by atoms with Gasteiger partial charge in [0.15, 0.2) is 0 Å². The van der Waals surface area contributed by atoms with Crippen LogP contribution in [0.2, 0.25) is 0 Å². The zero-order valence-corrected chi connectivity index (χ0v) is 10.5. The van der Waals surface area contributed by atoms with E-state index in [9.17, 15) is 4.39 Å². The molecule has 1 nitrogen and oxygen atoms in total. The first-order chi connectivity index (χ1) is 7.49. The van der Waals surface area contributed by atoms with Crippen molar-refractivity contribution in [3.8, 4) is 0 Å². The number of benzene rings is 1. The zero-order valence-electron chi connectivity index (χ0n) is 10.5. The number of alkyl halides is 1. The predicted octanol–water partition coefficient (Wildman–Crippen LogP) is 3.91. The Morgan fingerprint density at radius 3 is 2.31 bits per heavy atom. The molecule has 0 aliphatic rings. The van der Waals surface area contributed by atoms with Crippen LogP contribution < -0.4 is 0 Å². The average molecular weight is 221 g/mol. The SMILES string of the molecule is CCC(C)(F)c1ccc(CC(C)=NC)cc1. The van der Waals surface area contributed by atoms with Crippen LogP contribution in [0, 0.1) is 0 Å². The Labute approximate surface area is 97.4 Å². The number of halogens is 1. The fraction of sp³-hybridized carbons (Fsp3) is 0.500. The second-order valence-corrected chi connectivity index (χ2v) is 4.38. The third kappa shape index (κ3) is 3.16. The molecule has 0 spiro atoms. The van der Waals surface area contributed by atoms with E-state index < -0.39 is 5.67 Å². The van der Waals surface area contributed by atoms with Crippen molar-refractivity contribution in [3.05, 3.63) is 35.4 Å². The number of hydrogen-bond acceptors (Lipinski definition) is 1. The topological polar surface area (TPSA) is 12.4 Å². The fourth-order valence-electron chi connectivity index (χ4n) is 1.55. The van der Waals surface area contributed by atoms with E-state index in [-0.39, 0.29) is 0 Å². The average Bonchev–Trinajstić information content (AvgIpc) is 2.29. The molecule has 1 unspecified atom stereocenters. The highest BCUT2D eigenvalue weighted by atomic mass is 19.1. The largest absolute Gasteiger partial charge is 0.297 e. The molecule has 0 saturated heterocycles. The Kier molecular flexibility index (Phi) is 4.22. The third-order valence-corrected chi connectivity index (χ3v) is 3.06. The number of aliphatic imine (C=N–C) groups is 1. The highest BCUT2D eigenvalue weighted by molar-refractivity contribution is 5.83. The molecule has 0 saturated carbocycles. The smallest absolute Gasteiger partial charge is 0.133 e. The molecule has 0 fully saturated rings. The Bertz CT molecular complexity index is 363. The van der Waals surface area contributed by atoms with Crippen LogP contribution in [0.15, 0.2) is 29.3 Å². The van der Waals surface area contributed by atoms with Gasteiger partial charge >= 0.3 is 0 Å². The van der Waals surface area contributed by atoms with E-state index >= 15 is 0 Å². The van der Waals surface area contributed by atoms with E-state index in [1.54, 1.807) is 14.0 Å². The summed E-state index contributed by atoms with van der Waals surface area (Å²) >= 11 is 0. The van der Waals surface area contributed by atoms with Crippen molar-refractivity contribution in [1.29, 1.82) is 0 Å². The van der Waals surface area contributed by atoms with Gasteiger partial charge in [0.2, 0.25) is 0 Å². The van der Waals surface area contributed by atoms with E-state index in [1.165, 1.54) is 5.56 Å². The van der Waals surface area contributed by atoms with Gasteiger partial charge in [0, 0.05) is 19.2 Å². The summed E-state index contributed by atoms with van der Waals surface area (Å²) in [6, 6.07) is 7.72. The molecule has 0 aliphatic carbocycles. The van der Waals surface area contributed by atoms with Crippen molar-refractivity contribution in [3.63, 3.8) is 0 Å². The third-order valence-electron chi connectivity index (χ3n) is 3.06. The molecule has 0 aliphatic heterocycles. The van der Waals surface area contributed by atoms with E-state index in [0.29, 0.717) is 6.42 Å². The van der Waals surface area contributed by atoms with E-state index in [1.807, 2.05) is 38.1 Å². The maximum absolute atomic E-state index is 14.0. The van der Waals surface area contributed by atoms with Gasteiger partial charge in [0.25, 0.3) is 0 Å². The normalized spacial score (nSPS) is 15.9. The van der Waals surface area contributed by atoms with Crippen LogP contribution in [0.3, 0.4) is 0 Å². The van der Waals surface area contributed by atoms with Gasteiger partial charge in [-0.15, -0.1) is 0 Å². The first-order valence-corrected chi connectivity index (χ1v) is 5.70. The Hall–Kier alpha value is -1.18. The van der Waals surface area contributed by atoms with Crippen molar-refractivity contribution in [2.75, 3.05) is 7.05 Å². The minimum absolute atomic E-state index is 0.502. The van der Waals surface area contributed by atoms with Crippen LogP contribution in [0.4, 0.5) is 4.39 Å². The van der Waals surface area contributed by atoms with Crippen molar-refractivity contribution < 1.29 is 4.39 Å². The lowest BCUT2D eigenvalue weighted by Crippen LogP contribution is -2.13. The second-order valence-electron chi connectivity index (χ2n) is 4.38. The van der Waals surface area contributed by atoms with Crippen LogP contribution in [-0.2, 0) is 12.1 Å². The summed E-state index contributed by atoms with van der Waals surface area (Å²) in [5.41, 5.74) is 1.81. The van der Waals surface area contributed by atoms with Gasteiger partial charge in [-0.05, 0) is 31.4 Å². The van der Waals surface area contributed by atoms with Gasteiger partial charge in [0.05, 0.1) is 0 Å². The lowest BCUT2D eigenvalue weighted by molar-refractivity contribution is 0.185. The molecule has 0 radical (unpaired) electrons. The highest BCUT2D eigenvalue weighted by Gasteiger charge is 2.22. The summed E-state index contributed by atoms with van der Waals surface area (Å²) in [5, 5.41) is 0. The van der Waals surface area contributed by atoms with Crippen LogP contribution in [-0.4, -0.2) is 12.8 Å². The van der Waals surface area contributed by atoms with E-state index in [4.69, 9.17) is 0 Å². The van der Waals surface area contributed by atoms with Gasteiger partial charge < -0.3 is 0 Å². The van der Waals surface area contributed by atoms with Gasteiger partial charge in [-0.25, -0.2) is 4.39 Å². The Morgan fingerprint density at radius 1 is 1.31 bits per heavy atom. The van der Waals surface area contributed by atoms with Crippen LogP contribution >= 0.6 is 0 Å². The van der Waals surface area contributed by atoms with Crippen LogP contribution in [0.5, 0.6) is 0 Å². The molecule has 0 N–H and O–H groups in total. The lowest BCUT2D eigenvalue weighted by atomic mass is 9.94. The van der Waals surface area contributed by atoms with E-state index in [2.05, 4.69) is 4.99 Å². The monoisotopic (exact) mass is 221 g/mol. The molecule has 16 heavy (non-hydrogen) atoms. The second kappa shape index (κ2) is 5.24. The van der Waals surface area contributed by atoms with Gasteiger partial charge in [-0.2, -0.15) is 0 Å². The molecule has 0 amide bonds. The lowest BCUT2D eigenvalue weighted by Gasteiger charge is -2.18. The molecule has 1 aromatic carbocycles. The quantitative estimate of drug-likeness (QED) is 0.683. The van der Waals surface area contributed by atoms with Crippen molar-refractivity contribution >= 4 is 5.71 Å². The predicted molar refractivity (Wildman–Crippen MR) is 67.9 cm³/mol.